The number of amides is 1. The maximum absolute atomic E-state index is 11.9. The number of rotatable bonds is 6. The zero-order valence-corrected chi connectivity index (χ0v) is 13.6. The lowest BCUT2D eigenvalue weighted by atomic mass is 10.1. The lowest BCUT2D eigenvalue weighted by Gasteiger charge is -2.15. The van der Waals surface area contributed by atoms with Crippen LogP contribution >= 0.6 is 11.6 Å². The molecule has 22 heavy (non-hydrogen) atoms. The minimum atomic E-state index is -0.160. The molecule has 1 amide bonds. The summed E-state index contributed by atoms with van der Waals surface area (Å²) in [5.41, 5.74) is 2.36. The van der Waals surface area contributed by atoms with Crippen molar-refractivity contribution in [3.63, 3.8) is 0 Å². The van der Waals surface area contributed by atoms with Crippen LogP contribution in [-0.4, -0.2) is 12.5 Å². The summed E-state index contributed by atoms with van der Waals surface area (Å²) in [5, 5.41) is 3.51. The first kappa shape index (κ1) is 16.4. The number of benzene rings is 2. The van der Waals surface area contributed by atoms with Gasteiger partial charge < -0.3 is 10.1 Å². The van der Waals surface area contributed by atoms with Crippen LogP contribution in [0, 0.1) is 0 Å². The van der Waals surface area contributed by atoms with Crippen LogP contribution in [-0.2, 0) is 11.2 Å². The summed E-state index contributed by atoms with van der Waals surface area (Å²) in [7, 11) is 0. The Bertz CT molecular complexity index is 625. The average molecular weight is 318 g/mol. The highest BCUT2D eigenvalue weighted by molar-refractivity contribution is 6.30. The largest absolute Gasteiger partial charge is 0.484 e. The SMILES string of the molecule is CCc1ccc([C@H](C)NC(=O)COc2cccc(Cl)c2)cc1. The van der Waals surface area contributed by atoms with Crippen LogP contribution in [0.15, 0.2) is 48.5 Å². The summed E-state index contributed by atoms with van der Waals surface area (Å²) < 4.78 is 5.43. The fraction of sp³-hybridized carbons (Fsp3) is 0.278. The fourth-order valence-electron chi connectivity index (χ4n) is 2.11. The van der Waals surface area contributed by atoms with Crippen molar-refractivity contribution in [3.05, 3.63) is 64.7 Å². The normalized spacial score (nSPS) is 11.8. The summed E-state index contributed by atoms with van der Waals surface area (Å²) in [6.45, 7) is 4.04. The van der Waals surface area contributed by atoms with Crippen LogP contribution in [0.3, 0.4) is 0 Å². The predicted molar refractivity (Wildman–Crippen MR) is 89.3 cm³/mol. The maximum atomic E-state index is 11.9. The summed E-state index contributed by atoms with van der Waals surface area (Å²) in [6, 6.07) is 15.2. The molecule has 0 bridgehead atoms. The van der Waals surface area contributed by atoms with Gasteiger partial charge in [-0.25, -0.2) is 0 Å². The van der Waals surface area contributed by atoms with Gasteiger partial charge in [-0.3, -0.25) is 4.79 Å². The second-order valence-corrected chi connectivity index (χ2v) is 5.57. The molecule has 0 saturated carbocycles. The van der Waals surface area contributed by atoms with Gasteiger partial charge in [0.15, 0.2) is 6.61 Å². The Morgan fingerprint density at radius 2 is 1.95 bits per heavy atom. The van der Waals surface area contributed by atoms with Crippen LogP contribution < -0.4 is 10.1 Å². The molecule has 2 aromatic rings. The van der Waals surface area contributed by atoms with Gasteiger partial charge in [0.05, 0.1) is 6.04 Å². The third kappa shape index (κ3) is 4.78. The molecule has 0 saturated heterocycles. The minimum absolute atomic E-state index is 0.0300. The monoisotopic (exact) mass is 317 g/mol. The summed E-state index contributed by atoms with van der Waals surface area (Å²) in [6.07, 6.45) is 1.01. The number of hydrogen-bond acceptors (Lipinski definition) is 2. The highest BCUT2D eigenvalue weighted by Gasteiger charge is 2.10. The molecule has 0 radical (unpaired) electrons. The van der Waals surface area contributed by atoms with Crippen LogP contribution in [0.5, 0.6) is 5.75 Å². The lowest BCUT2D eigenvalue weighted by molar-refractivity contribution is -0.123. The molecule has 2 aromatic carbocycles. The summed E-state index contributed by atoms with van der Waals surface area (Å²) >= 11 is 5.87. The number of halogens is 1. The van der Waals surface area contributed by atoms with Gasteiger partial charge in [0.1, 0.15) is 5.75 Å². The van der Waals surface area contributed by atoms with Crippen molar-refractivity contribution < 1.29 is 9.53 Å². The topological polar surface area (TPSA) is 38.3 Å². The Hall–Kier alpha value is -2.00. The first-order valence-electron chi connectivity index (χ1n) is 7.35. The van der Waals surface area contributed by atoms with E-state index >= 15 is 0 Å². The smallest absolute Gasteiger partial charge is 0.258 e. The number of nitrogens with one attached hydrogen (secondary N) is 1. The van der Waals surface area contributed by atoms with E-state index in [1.165, 1.54) is 5.56 Å². The van der Waals surface area contributed by atoms with E-state index < -0.39 is 0 Å². The van der Waals surface area contributed by atoms with E-state index in [-0.39, 0.29) is 18.6 Å². The average Bonchev–Trinajstić information content (AvgIpc) is 2.53. The van der Waals surface area contributed by atoms with Crippen molar-refractivity contribution in [1.82, 2.24) is 5.32 Å². The van der Waals surface area contributed by atoms with Gasteiger partial charge in [-0.1, -0.05) is 48.9 Å². The summed E-state index contributed by atoms with van der Waals surface area (Å²) in [5.74, 6) is 0.426. The molecule has 0 fully saturated rings. The molecule has 0 unspecified atom stereocenters. The van der Waals surface area contributed by atoms with Gasteiger partial charge in [-0.05, 0) is 42.7 Å². The zero-order valence-electron chi connectivity index (χ0n) is 12.8. The molecule has 116 valence electrons. The zero-order chi connectivity index (χ0) is 15.9. The van der Waals surface area contributed by atoms with Crippen LogP contribution in [0.2, 0.25) is 5.02 Å². The van der Waals surface area contributed by atoms with Crippen molar-refractivity contribution in [1.29, 1.82) is 0 Å². The van der Waals surface area contributed by atoms with Gasteiger partial charge >= 0.3 is 0 Å². The van der Waals surface area contributed by atoms with Gasteiger partial charge in [-0.2, -0.15) is 0 Å². The Morgan fingerprint density at radius 3 is 2.59 bits per heavy atom. The van der Waals surface area contributed by atoms with E-state index in [1.807, 2.05) is 19.1 Å². The number of ether oxygens (including phenoxy) is 1. The number of carbonyl (C=O) groups excluding carboxylic acids is 1. The molecule has 1 atom stereocenters. The first-order chi connectivity index (χ1) is 10.6. The minimum Gasteiger partial charge on any atom is -0.484 e. The van der Waals surface area contributed by atoms with Crippen molar-refractivity contribution in [2.24, 2.45) is 0 Å². The van der Waals surface area contributed by atoms with Crippen molar-refractivity contribution in [2.45, 2.75) is 26.3 Å². The maximum Gasteiger partial charge on any atom is 0.258 e. The van der Waals surface area contributed by atoms with E-state index in [4.69, 9.17) is 16.3 Å². The molecular formula is C18H20ClNO2. The molecule has 0 aliphatic heterocycles. The Labute approximate surface area is 136 Å². The number of carbonyl (C=O) groups is 1. The van der Waals surface area contributed by atoms with E-state index in [0.717, 1.165) is 12.0 Å². The Kier molecular flexibility index (Phi) is 5.84. The first-order valence-corrected chi connectivity index (χ1v) is 7.73. The molecule has 0 aliphatic rings. The molecular weight excluding hydrogens is 298 g/mol. The van der Waals surface area contributed by atoms with Gasteiger partial charge in [0.2, 0.25) is 0 Å². The van der Waals surface area contributed by atoms with Crippen LogP contribution in [0.1, 0.15) is 31.0 Å². The molecule has 4 heteroatoms. The molecule has 1 N–H and O–H groups in total. The van der Waals surface area contributed by atoms with Gasteiger partial charge in [0, 0.05) is 5.02 Å². The van der Waals surface area contributed by atoms with E-state index in [1.54, 1.807) is 24.3 Å². The molecule has 3 nitrogen and oxygen atoms in total. The third-order valence-electron chi connectivity index (χ3n) is 3.43. The highest BCUT2D eigenvalue weighted by atomic mass is 35.5. The molecule has 2 rings (SSSR count). The quantitative estimate of drug-likeness (QED) is 0.868. The number of aryl methyl sites for hydroxylation is 1. The molecule has 0 aromatic heterocycles. The van der Waals surface area contributed by atoms with Crippen molar-refractivity contribution in [2.75, 3.05) is 6.61 Å². The standard InChI is InChI=1S/C18H20ClNO2/c1-3-14-7-9-15(10-8-14)13(2)20-18(21)12-22-17-6-4-5-16(19)11-17/h4-11,13H,3,12H2,1-2H3,(H,20,21)/t13-/m0/s1. The summed E-state index contributed by atoms with van der Waals surface area (Å²) in [4.78, 5) is 11.9. The third-order valence-corrected chi connectivity index (χ3v) is 3.67. The second-order valence-electron chi connectivity index (χ2n) is 5.13. The number of hydrogen-bond donors (Lipinski definition) is 1. The van der Waals surface area contributed by atoms with Crippen molar-refractivity contribution in [3.8, 4) is 5.75 Å². The Morgan fingerprint density at radius 1 is 1.23 bits per heavy atom. The predicted octanol–water partition coefficient (Wildman–Crippen LogP) is 4.16. The molecule has 0 spiro atoms. The molecule has 0 heterocycles. The Balaban J connectivity index is 1.85. The lowest BCUT2D eigenvalue weighted by Crippen LogP contribution is -2.31. The van der Waals surface area contributed by atoms with Crippen molar-refractivity contribution >= 4 is 17.5 Å². The van der Waals surface area contributed by atoms with Crippen LogP contribution in [0.25, 0.3) is 0 Å². The molecule has 0 aliphatic carbocycles. The highest BCUT2D eigenvalue weighted by Crippen LogP contribution is 2.17. The van der Waals surface area contributed by atoms with E-state index in [0.29, 0.717) is 10.8 Å². The van der Waals surface area contributed by atoms with Gasteiger partial charge in [0.25, 0.3) is 5.91 Å². The van der Waals surface area contributed by atoms with E-state index in [9.17, 15) is 4.79 Å². The van der Waals surface area contributed by atoms with Crippen LogP contribution in [0.4, 0.5) is 0 Å². The fourth-order valence-corrected chi connectivity index (χ4v) is 2.29. The van der Waals surface area contributed by atoms with E-state index in [2.05, 4.69) is 24.4 Å². The van der Waals surface area contributed by atoms with Gasteiger partial charge in [-0.15, -0.1) is 0 Å². The second kappa shape index (κ2) is 7.85.